The SMILES string of the molecule is Nc1c(Cl)ncnc1N1CCN(c2ccccc2Cl)CC1. The number of rotatable bonds is 2. The average Bonchev–Trinajstić information content (AvgIpc) is 2.51. The Morgan fingerprint density at radius 3 is 2.33 bits per heavy atom. The first-order chi connectivity index (χ1) is 10.2. The molecule has 0 spiro atoms. The van der Waals surface area contributed by atoms with Gasteiger partial charge in [0.25, 0.3) is 0 Å². The van der Waals surface area contributed by atoms with E-state index in [9.17, 15) is 0 Å². The molecule has 3 rings (SSSR count). The van der Waals surface area contributed by atoms with Crippen molar-refractivity contribution in [1.82, 2.24) is 9.97 Å². The van der Waals surface area contributed by atoms with Crippen molar-refractivity contribution in [2.45, 2.75) is 0 Å². The molecular weight excluding hydrogens is 309 g/mol. The molecule has 21 heavy (non-hydrogen) atoms. The molecule has 110 valence electrons. The molecule has 0 amide bonds. The predicted octanol–water partition coefficient (Wildman–Crippen LogP) is 2.69. The van der Waals surface area contributed by atoms with E-state index in [0.717, 1.165) is 36.9 Å². The highest BCUT2D eigenvalue weighted by Gasteiger charge is 2.21. The lowest BCUT2D eigenvalue weighted by molar-refractivity contribution is 0.647. The summed E-state index contributed by atoms with van der Waals surface area (Å²) in [5.74, 6) is 0.703. The van der Waals surface area contributed by atoms with Gasteiger partial charge in [0.2, 0.25) is 0 Å². The molecule has 0 atom stereocenters. The van der Waals surface area contributed by atoms with E-state index >= 15 is 0 Å². The lowest BCUT2D eigenvalue weighted by Gasteiger charge is -2.37. The molecule has 0 saturated carbocycles. The van der Waals surface area contributed by atoms with Gasteiger partial charge < -0.3 is 15.5 Å². The Balaban J connectivity index is 1.74. The minimum Gasteiger partial charge on any atom is -0.393 e. The molecule has 0 bridgehead atoms. The molecule has 0 radical (unpaired) electrons. The van der Waals surface area contributed by atoms with Gasteiger partial charge in [0.05, 0.1) is 10.7 Å². The van der Waals surface area contributed by atoms with Crippen molar-refractivity contribution in [2.75, 3.05) is 41.7 Å². The largest absolute Gasteiger partial charge is 0.393 e. The van der Waals surface area contributed by atoms with Crippen LogP contribution >= 0.6 is 23.2 Å². The third-order valence-corrected chi connectivity index (χ3v) is 4.21. The third kappa shape index (κ3) is 2.84. The Morgan fingerprint density at radius 2 is 1.62 bits per heavy atom. The first kappa shape index (κ1) is 14.2. The maximum atomic E-state index is 6.24. The summed E-state index contributed by atoms with van der Waals surface area (Å²) in [6.45, 7) is 3.32. The van der Waals surface area contributed by atoms with Crippen molar-refractivity contribution in [3.63, 3.8) is 0 Å². The van der Waals surface area contributed by atoms with Crippen LogP contribution in [-0.4, -0.2) is 36.1 Å². The third-order valence-electron chi connectivity index (χ3n) is 3.59. The van der Waals surface area contributed by atoms with Crippen molar-refractivity contribution in [3.05, 3.63) is 40.8 Å². The van der Waals surface area contributed by atoms with E-state index in [-0.39, 0.29) is 0 Å². The Morgan fingerprint density at radius 1 is 0.952 bits per heavy atom. The number of halogens is 2. The standard InChI is InChI=1S/C14H15Cl2N5/c15-10-3-1-2-4-11(10)20-5-7-21(8-6-20)14-12(17)13(16)18-9-19-14/h1-4,9H,5-8,17H2. The summed E-state index contributed by atoms with van der Waals surface area (Å²) in [6, 6.07) is 7.88. The number of anilines is 3. The highest BCUT2D eigenvalue weighted by molar-refractivity contribution is 6.33. The van der Waals surface area contributed by atoms with Gasteiger partial charge in [-0.2, -0.15) is 0 Å². The zero-order valence-corrected chi connectivity index (χ0v) is 12.8. The van der Waals surface area contributed by atoms with Crippen LogP contribution in [0.2, 0.25) is 10.2 Å². The molecule has 2 aromatic rings. The normalized spacial score (nSPS) is 15.3. The fourth-order valence-electron chi connectivity index (χ4n) is 2.48. The lowest BCUT2D eigenvalue weighted by Crippen LogP contribution is -2.47. The quantitative estimate of drug-likeness (QED) is 0.861. The van der Waals surface area contributed by atoms with E-state index in [1.165, 1.54) is 6.33 Å². The number of hydrogen-bond donors (Lipinski definition) is 1. The van der Waals surface area contributed by atoms with Crippen molar-refractivity contribution >= 4 is 40.4 Å². The van der Waals surface area contributed by atoms with E-state index in [4.69, 9.17) is 28.9 Å². The number of benzene rings is 1. The van der Waals surface area contributed by atoms with Gasteiger partial charge in [0.15, 0.2) is 11.0 Å². The zero-order chi connectivity index (χ0) is 14.8. The highest BCUT2D eigenvalue weighted by Crippen LogP contribution is 2.29. The van der Waals surface area contributed by atoms with Gasteiger partial charge in [-0.05, 0) is 12.1 Å². The molecule has 1 aliphatic rings. The van der Waals surface area contributed by atoms with E-state index in [0.29, 0.717) is 16.7 Å². The molecular formula is C14H15Cl2N5. The number of hydrogen-bond acceptors (Lipinski definition) is 5. The molecule has 1 aromatic heterocycles. The summed E-state index contributed by atoms with van der Waals surface area (Å²) in [6.07, 6.45) is 1.44. The number of aromatic nitrogens is 2. The van der Waals surface area contributed by atoms with Gasteiger partial charge in [-0.1, -0.05) is 35.3 Å². The Hall–Kier alpha value is -1.72. The molecule has 2 heterocycles. The topological polar surface area (TPSA) is 58.3 Å². The zero-order valence-electron chi connectivity index (χ0n) is 11.3. The van der Waals surface area contributed by atoms with Gasteiger partial charge in [-0.3, -0.25) is 0 Å². The molecule has 1 aromatic carbocycles. The van der Waals surface area contributed by atoms with Gasteiger partial charge in [-0.25, -0.2) is 9.97 Å². The van der Waals surface area contributed by atoms with E-state index in [1.807, 2.05) is 24.3 Å². The number of nitrogens with two attached hydrogens (primary N) is 1. The smallest absolute Gasteiger partial charge is 0.157 e. The Kier molecular flexibility index (Phi) is 4.03. The van der Waals surface area contributed by atoms with E-state index < -0.39 is 0 Å². The monoisotopic (exact) mass is 323 g/mol. The predicted molar refractivity (Wildman–Crippen MR) is 87.3 cm³/mol. The number of para-hydroxylation sites is 1. The Labute approximate surface area is 133 Å². The van der Waals surface area contributed by atoms with Crippen LogP contribution in [0, 0.1) is 0 Å². The number of nitrogen functional groups attached to an aromatic ring is 1. The summed E-state index contributed by atoms with van der Waals surface area (Å²) in [5, 5.41) is 1.07. The second kappa shape index (κ2) is 5.95. The van der Waals surface area contributed by atoms with Crippen LogP contribution in [0.1, 0.15) is 0 Å². The van der Waals surface area contributed by atoms with Crippen LogP contribution in [0.5, 0.6) is 0 Å². The average molecular weight is 324 g/mol. The number of piperazine rings is 1. The minimum atomic E-state index is 0.300. The maximum absolute atomic E-state index is 6.24. The molecule has 1 saturated heterocycles. The fourth-order valence-corrected chi connectivity index (χ4v) is 2.87. The molecule has 1 aliphatic heterocycles. The summed E-state index contributed by atoms with van der Waals surface area (Å²) >= 11 is 12.2. The van der Waals surface area contributed by atoms with Gasteiger partial charge in [0.1, 0.15) is 12.0 Å². The first-order valence-electron chi connectivity index (χ1n) is 6.67. The second-order valence-electron chi connectivity index (χ2n) is 4.83. The van der Waals surface area contributed by atoms with Crippen molar-refractivity contribution < 1.29 is 0 Å². The maximum Gasteiger partial charge on any atom is 0.157 e. The molecule has 0 aliphatic carbocycles. The molecule has 2 N–H and O–H groups in total. The molecule has 1 fully saturated rings. The van der Waals surface area contributed by atoms with Crippen molar-refractivity contribution in [1.29, 1.82) is 0 Å². The van der Waals surface area contributed by atoms with Crippen molar-refractivity contribution in [2.24, 2.45) is 0 Å². The van der Waals surface area contributed by atoms with Gasteiger partial charge in [0, 0.05) is 26.2 Å². The minimum absolute atomic E-state index is 0.300. The number of nitrogens with zero attached hydrogens (tertiary/aromatic N) is 4. The Bertz CT molecular complexity index is 641. The first-order valence-corrected chi connectivity index (χ1v) is 7.43. The summed E-state index contributed by atoms with van der Waals surface area (Å²) in [7, 11) is 0. The van der Waals surface area contributed by atoms with Crippen LogP contribution in [0.3, 0.4) is 0 Å². The molecule has 7 heteroatoms. The van der Waals surface area contributed by atoms with Crippen LogP contribution in [0.15, 0.2) is 30.6 Å². The summed E-state index contributed by atoms with van der Waals surface area (Å²) in [5.41, 5.74) is 7.45. The molecule has 0 unspecified atom stereocenters. The lowest BCUT2D eigenvalue weighted by atomic mass is 10.2. The van der Waals surface area contributed by atoms with Crippen LogP contribution in [0.4, 0.5) is 17.2 Å². The van der Waals surface area contributed by atoms with Crippen LogP contribution < -0.4 is 15.5 Å². The highest BCUT2D eigenvalue weighted by atomic mass is 35.5. The summed E-state index contributed by atoms with van der Waals surface area (Å²) in [4.78, 5) is 12.5. The van der Waals surface area contributed by atoms with Gasteiger partial charge >= 0.3 is 0 Å². The summed E-state index contributed by atoms with van der Waals surface area (Å²) < 4.78 is 0. The van der Waals surface area contributed by atoms with E-state index in [1.54, 1.807) is 0 Å². The van der Waals surface area contributed by atoms with Crippen LogP contribution in [0.25, 0.3) is 0 Å². The fraction of sp³-hybridized carbons (Fsp3) is 0.286. The second-order valence-corrected chi connectivity index (χ2v) is 5.59. The molecule has 5 nitrogen and oxygen atoms in total. The van der Waals surface area contributed by atoms with Crippen molar-refractivity contribution in [3.8, 4) is 0 Å². The van der Waals surface area contributed by atoms with Crippen LogP contribution in [-0.2, 0) is 0 Å². The van der Waals surface area contributed by atoms with E-state index in [2.05, 4.69) is 19.8 Å². The van der Waals surface area contributed by atoms with Gasteiger partial charge in [-0.15, -0.1) is 0 Å².